The molecule has 12 heteroatoms. The molecule has 0 radical (unpaired) electrons. The molecule has 1 heterocycles. The normalized spacial score (nSPS) is 18.4. The molecule has 0 spiro atoms. The number of piperidine rings is 1. The van der Waals surface area contributed by atoms with Crippen LogP contribution in [-0.4, -0.2) is 83.8 Å². The Morgan fingerprint density at radius 3 is 2.40 bits per heavy atom. The van der Waals surface area contributed by atoms with E-state index < -0.39 is 15.5 Å². The molecule has 0 atom stereocenters. The molecule has 25 heavy (non-hydrogen) atoms. The molecule has 1 fully saturated rings. The number of guanidine groups is 1. The second kappa shape index (κ2) is 10.1. The maximum atomic E-state index is 12.5. The van der Waals surface area contributed by atoms with Crippen LogP contribution in [0.5, 0.6) is 0 Å². The Balaban J connectivity index is 2.35. The minimum atomic E-state index is -5.26. The van der Waals surface area contributed by atoms with Crippen molar-refractivity contribution in [1.82, 2.24) is 14.9 Å². The molecule has 0 saturated carbocycles. The van der Waals surface area contributed by atoms with E-state index in [2.05, 4.69) is 15.6 Å². The van der Waals surface area contributed by atoms with E-state index in [1.807, 2.05) is 0 Å². The van der Waals surface area contributed by atoms with Crippen molar-refractivity contribution >= 4 is 16.0 Å². The molecular formula is C13H25F3N4O4S. The molecule has 1 saturated heterocycles. The van der Waals surface area contributed by atoms with Crippen molar-refractivity contribution in [2.24, 2.45) is 4.99 Å². The van der Waals surface area contributed by atoms with Gasteiger partial charge >= 0.3 is 15.5 Å². The molecule has 0 unspecified atom stereocenters. The van der Waals surface area contributed by atoms with Crippen LogP contribution in [0.25, 0.3) is 0 Å². The number of halogens is 3. The number of nitrogens with one attached hydrogen (secondary N) is 2. The summed E-state index contributed by atoms with van der Waals surface area (Å²) in [6.45, 7) is 1.58. The van der Waals surface area contributed by atoms with Crippen LogP contribution < -0.4 is 10.6 Å². The largest absolute Gasteiger partial charge is 0.511 e. The number of methoxy groups -OCH3 is 1. The zero-order valence-electron chi connectivity index (χ0n) is 14.3. The van der Waals surface area contributed by atoms with Gasteiger partial charge < -0.3 is 20.1 Å². The lowest BCUT2D eigenvalue weighted by molar-refractivity contribution is -0.0494. The van der Waals surface area contributed by atoms with E-state index in [0.29, 0.717) is 36.6 Å². The number of hydrogen-bond acceptors (Lipinski definition) is 5. The molecule has 0 aromatic heterocycles. The molecule has 1 aliphatic heterocycles. The van der Waals surface area contributed by atoms with E-state index in [0.717, 1.165) is 0 Å². The van der Waals surface area contributed by atoms with E-state index in [-0.39, 0.29) is 32.0 Å². The highest BCUT2D eigenvalue weighted by molar-refractivity contribution is 7.90. The van der Waals surface area contributed by atoms with Gasteiger partial charge in [-0.3, -0.25) is 4.99 Å². The van der Waals surface area contributed by atoms with E-state index in [4.69, 9.17) is 9.47 Å². The van der Waals surface area contributed by atoms with Crippen LogP contribution >= 0.6 is 0 Å². The Bertz CT molecular complexity index is 520. The fraction of sp³-hybridized carbons (Fsp3) is 0.923. The summed E-state index contributed by atoms with van der Waals surface area (Å²) in [5.74, 6) is 0.493. The minimum absolute atomic E-state index is 0.153. The summed E-state index contributed by atoms with van der Waals surface area (Å²) in [6, 6.07) is -0.153. The van der Waals surface area contributed by atoms with Crippen molar-refractivity contribution in [1.29, 1.82) is 0 Å². The highest BCUT2D eigenvalue weighted by Crippen LogP contribution is 2.28. The molecule has 0 amide bonds. The third-order valence-corrected chi connectivity index (χ3v) is 5.25. The van der Waals surface area contributed by atoms with E-state index >= 15 is 0 Å². The van der Waals surface area contributed by atoms with Crippen LogP contribution in [-0.2, 0) is 19.5 Å². The molecule has 0 aromatic rings. The monoisotopic (exact) mass is 390 g/mol. The lowest BCUT2D eigenvalue weighted by atomic mass is 10.1. The molecule has 0 aliphatic carbocycles. The summed E-state index contributed by atoms with van der Waals surface area (Å²) < 4.78 is 71.0. The first-order valence-corrected chi connectivity index (χ1v) is 9.26. The highest BCUT2D eigenvalue weighted by atomic mass is 32.2. The smallest absolute Gasteiger partial charge is 0.382 e. The zero-order valence-corrected chi connectivity index (χ0v) is 15.1. The first-order valence-electron chi connectivity index (χ1n) is 7.82. The van der Waals surface area contributed by atoms with Crippen molar-refractivity contribution in [2.75, 3.05) is 53.6 Å². The Morgan fingerprint density at radius 2 is 1.88 bits per heavy atom. The number of aliphatic imine (C=N–C) groups is 1. The lowest BCUT2D eigenvalue weighted by Gasteiger charge is -2.32. The molecule has 1 rings (SSSR count). The van der Waals surface area contributed by atoms with Gasteiger partial charge in [0.1, 0.15) is 0 Å². The fourth-order valence-electron chi connectivity index (χ4n) is 2.26. The van der Waals surface area contributed by atoms with Crippen molar-refractivity contribution in [3.63, 3.8) is 0 Å². The average molecular weight is 390 g/mol. The second-order valence-corrected chi connectivity index (χ2v) is 7.30. The highest BCUT2D eigenvalue weighted by Gasteiger charge is 2.50. The number of sulfonamides is 1. The number of rotatable bonds is 8. The third kappa shape index (κ3) is 6.96. The number of nitrogens with zero attached hydrogens (tertiary/aromatic N) is 2. The molecule has 1 aliphatic rings. The van der Waals surface area contributed by atoms with Gasteiger partial charge in [0.25, 0.3) is 0 Å². The summed E-state index contributed by atoms with van der Waals surface area (Å²) in [4.78, 5) is 4.03. The lowest BCUT2D eigenvalue weighted by Crippen LogP contribution is -2.52. The third-order valence-electron chi connectivity index (χ3n) is 3.62. The van der Waals surface area contributed by atoms with E-state index in [9.17, 15) is 21.6 Å². The summed E-state index contributed by atoms with van der Waals surface area (Å²) in [5, 5.41) is 6.09. The van der Waals surface area contributed by atoms with Gasteiger partial charge in [0.15, 0.2) is 5.96 Å². The van der Waals surface area contributed by atoms with Crippen molar-refractivity contribution in [2.45, 2.75) is 24.4 Å². The van der Waals surface area contributed by atoms with Crippen molar-refractivity contribution in [3.8, 4) is 0 Å². The van der Waals surface area contributed by atoms with Gasteiger partial charge in [-0.05, 0) is 12.8 Å². The van der Waals surface area contributed by atoms with Crippen molar-refractivity contribution < 1.29 is 31.1 Å². The second-order valence-electron chi connectivity index (χ2n) is 5.37. The Labute approximate surface area is 145 Å². The average Bonchev–Trinajstić information content (AvgIpc) is 2.56. The standard InChI is InChI=1S/C13H25F3N4O4S/c1-17-12(18-5-8-24-10-9-23-2)19-11-3-6-20(7-4-11)25(21,22)13(14,15)16/h11H,3-10H2,1-2H3,(H2,17,18,19). The minimum Gasteiger partial charge on any atom is -0.382 e. The topological polar surface area (TPSA) is 92.3 Å². The van der Waals surface area contributed by atoms with Gasteiger partial charge in [0.2, 0.25) is 0 Å². The Kier molecular flexibility index (Phi) is 8.89. The number of ether oxygens (including phenoxy) is 2. The Morgan fingerprint density at radius 1 is 1.24 bits per heavy atom. The van der Waals surface area contributed by atoms with Gasteiger partial charge in [-0.25, -0.2) is 8.42 Å². The van der Waals surface area contributed by atoms with Crippen LogP contribution in [0.2, 0.25) is 0 Å². The maximum absolute atomic E-state index is 12.5. The van der Waals surface area contributed by atoms with Crippen LogP contribution in [0.15, 0.2) is 4.99 Å². The van der Waals surface area contributed by atoms with Crippen LogP contribution in [0.4, 0.5) is 13.2 Å². The molecule has 2 N–H and O–H groups in total. The summed E-state index contributed by atoms with van der Waals surface area (Å²) in [5.41, 5.74) is -5.26. The fourth-order valence-corrected chi connectivity index (χ4v) is 3.25. The Hall–Kier alpha value is -1.11. The number of alkyl halides is 3. The predicted octanol–water partition coefficient (Wildman–Crippen LogP) is 0.128. The first kappa shape index (κ1) is 21.9. The van der Waals surface area contributed by atoms with Crippen molar-refractivity contribution in [3.05, 3.63) is 0 Å². The van der Waals surface area contributed by atoms with Gasteiger partial charge in [0.05, 0.1) is 19.8 Å². The first-order chi connectivity index (χ1) is 11.7. The quantitative estimate of drug-likeness (QED) is 0.348. The van der Waals surface area contributed by atoms with Gasteiger partial charge in [-0.2, -0.15) is 17.5 Å². The molecular weight excluding hydrogens is 365 g/mol. The van der Waals surface area contributed by atoms with E-state index in [1.165, 1.54) is 0 Å². The van der Waals surface area contributed by atoms with E-state index in [1.54, 1.807) is 14.2 Å². The van der Waals surface area contributed by atoms with Gasteiger partial charge in [0, 0.05) is 39.8 Å². The molecule has 0 bridgehead atoms. The van der Waals surface area contributed by atoms with Gasteiger partial charge in [-0.1, -0.05) is 0 Å². The van der Waals surface area contributed by atoms with Gasteiger partial charge in [-0.15, -0.1) is 0 Å². The maximum Gasteiger partial charge on any atom is 0.511 e. The van der Waals surface area contributed by atoms with Crippen LogP contribution in [0.1, 0.15) is 12.8 Å². The van der Waals surface area contributed by atoms with Crippen LogP contribution in [0, 0.1) is 0 Å². The molecule has 148 valence electrons. The SMILES string of the molecule is CN=C(NCCOCCOC)NC1CCN(S(=O)(=O)C(F)(F)F)CC1. The predicted molar refractivity (Wildman–Crippen MR) is 86.8 cm³/mol. The van der Waals surface area contributed by atoms with Crippen LogP contribution in [0.3, 0.4) is 0 Å². The summed E-state index contributed by atoms with van der Waals surface area (Å²) >= 11 is 0. The zero-order chi connectivity index (χ0) is 18.9. The number of hydrogen-bond donors (Lipinski definition) is 2. The summed E-state index contributed by atoms with van der Waals surface area (Å²) in [6.07, 6.45) is 0.528. The summed E-state index contributed by atoms with van der Waals surface area (Å²) in [7, 11) is -2.09. The molecule has 8 nitrogen and oxygen atoms in total. The molecule has 0 aromatic carbocycles.